The highest BCUT2D eigenvalue weighted by atomic mass is 79.9. The van der Waals surface area contributed by atoms with Gasteiger partial charge in [0.2, 0.25) is 0 Å². The molecule has 0 bridgehead atoms. The third-order valence-corrected chi connectivity index (χ3v) is 4.17. The van der Waals surface area contributed by atoms with E-state index < -0.39 is 11.7 Å². The van der Waals surface area contributed by atoms with E-state index in [9.17, 15) is 9.59 Å². The Bertz CT molecular complexity index is 542. The number of hydrogen-bond donors (Lipinski definition) is 1. The average Bonchev–Trinajstić information content (AvgIpc) is 2.64. The fourth-order valence-corrected chi connectivity index (χ4v) is 2.90. The second-order valence-corrected chi connectivity index (χ2v) is 5.74. The quantitative estimate of drug-likeness (QED) is 0.865. The molecular weight excluding hydrogens is 308 g/mol. The Kier molecular flexibility index (Phi) is 3.94. The van der Waals surface area contributed by atoms with E-state index in [1.54, 1.807) is 6.07 Å². The number of Topliss-reactive ketones (excluding diaryl/α,β-unsaturated/α-hetero) is 1. The molecule has 1 N–H and O–H groups in total. The van der Waals surface area contributed by atoms with E-state index in [0.29, 0.717) is 17.3 Å². The molecule has 1 aliphatic rings. The highest BCUT2D eigenvalue weighted by molar-refractivity contribution is 9.10. The lowest BCUT2D eigenvalue weighted by Crippen LogP contribution is -2.28. The summed E-state index contributed by atoms with van der Waals surface area (Å²) in [6.45, 7) is 4.31. The van der Waals surface area contributed by atoms with Gasteiger partial charge in [-0.3, -0.25) is 9.59 Å². The van der Waals surface area contributed by atoms with Crippen LogP contribution in [0, 0.1) is 0 Å². The molecule has 1 unspecified atom stereocenters. The number of rotatable bonds is 4. The molecule has 19 heavy (non-hydrogen) atoms. The summed E-state index contributed by atoms with van der Waals surface area (Å²) in [5.41, 5.74) is 2.02. The lowest BCUT2D eigenvalue weighted by molar-refractivity contribution is -0.112. The van der Waals surface area contributed by atoms with Crippen molar-refractivity contribution in [3.05, 3.63) is 22.2 Å². The van der Waals surface area contributed by atoms with Crippen LogP contribution in [-0.4, -0.2) is 24.8 Å². The third kappa shape index (κ3) is 2.52. The van der Waals surface area contributed by atoms with Crippen LogP contribution in [0.5, 0.6) is 0 Å². The van der Waals surface area contributed by atoms with Gasteiger partial charge in [-0.2, -0.15) is 0 Å². The fourth-order valence-electron chi connectivity index (χ4n) is 2.27. The molecule has 1 amide bonds. The minimum absolute atomic E-state index is 0.396. The van der Waals surface area contributed by atoms with Crippen LogP contribution < -0.4 is 10.2 Å². The van der Waals surface area contributed by atoms with E-state index in [2.05, 4.69) is 40.0 Å². The first kappa shape index (κ1) is 14.1. The molecule has 0 fully saturated rings. The second kappa shape index (κ2) is 5.33. The smallest absolute Gasteiger partial charge is 0.296 e. The summed E-state index contributed by atoms with van der Waals surface area (Å²) in [5.74, 6) is -1.02. The van der Waals surface area contributed by atoms with Gasteiger partial charge in [-0.1, -0.05) is 13.3 Å². The minimum Gasteiger partial charge on any atom is -0.371 e. The van der Waals surface area contributed by atoms with Crippen molar-refractivity contribution in [1.82, 2.24) is 0 Å². The van der Waals surface area contributed by atoms with Gasteiger partial charge in [0.15, 0.2) is 0 Å². The van der Waals surface area contributed by atoms with Gasteiger partial charge in [0.1, 0.15) is 0 Å². The number of anilines is 2. The lowest BCUT2D eigenvalue weighted by Gasteiger charge is -2.28. The molecule has 1 aliphatic heterocycles. The van der Waals surface area contributed by atoms with Crippen LogP contribution in [0.2, 0.25) is 0 Å². The number of amides is 1. The van der Waals surface area contributed by atoms with Gasteiger partial charge in [0.05, 0.1) is 16.9 Å². The predicted octanol–water partition coefficient (Wildman–Crippen LogP) is 3.21. The van der Waals surface area contributed by atoms with Crippen molar-refractivity contribution in [2.75, 3.05) is 17.3 Å². The van der Waals surface area contributed by atoms with Gasteiger partial charge in [-0.15, -0.1) is 0 Å². The molecular formula is C14H17BrN2O2. The van der Waals surface area contributed by atoms with Crippen molar-refractivity contribution >= 4 is 39.0 Å². The molecule has 0 radical (unpaired) electrons. The number of nitrogens with zero attached hydrogens (tertiary/aromatic N) is 1. The van der Waals surface area contributed by atoms with Crippen LogP contribution in [-0.2, 0) is 4.79 Å². The van der Waals surface area contributed by atoms with Crippen molar-refractivity contribution in [2.24, 2.45) is 0 Å². The van der Waals surface area contributed by atoms with Gasteiger partial charge in [0, 0.05) is 17.6 Å². The summed E-state index contributed by atoms with van der Waals surface area (Å²) in [4.78, 5) is 25.1. The Labute approximate surface area is 121 Å². The van der Waals surface area contributed by atoms with Gasteiger partial charge < -0.3 is 10.2 Å². The fraction of sp³-hybridized carbons (Fsp3) is 0.429. The van der Waals surface area contributed by atoms with Crippen LogP contribution >= 0.6 is 15.9 Å². The van der Waals surface area contributed by atoms with E-state index in [-0.39, 0.29) is 0 Å². The first-order chi connectivity index (χ1) is 8.95. The molecule has 1 aromatic carbocycles. The number of halogens is 1. The van der Waals surface area contributed by atoms with Crippen molar-refractivity contribution in [2.45, 2.75) is 32.7 Å². The van der Waals surface area contributed by atoms with E-state index >= 15 is 0 Å². The third-order valence-electron chi connectivity index (χ3n) is 3.53. The summed E-state index contributed by atoms with van der Waals surface area (Å²) in [7, 11) is 2.02. The number of carbonyl (C=O) groups excluding carboxylic acids is 2. The molecule has 0 aromatic heterocycles. The van der Waals surface area contributed by atoms with Crippen LogP contribution in [0.15, 0.2) is 16.6 Å². The Morgan fingerprint density at radius 1 is 1.37 bits per heavy atom. The summed E-state index contributed by atoms with van der Waals surface area (Å²) in [6, 6.07) is 3.97. The molecule has 1 atom stereocenters. The molecule has 0 saturated carbocycles. The maximum absolute atomic E-state index is 11.6. The van der Waals surface area contributed by atoms with Crippen LogP contribution in [0.1, 0.15) is 37.0 Å². The standard InChI is InChI=1S/C14H17BrN2O2/c1-4-5-8(2)17(3)12-7-11-9(6-10(12)15)13(18)14(19)16-11/h6-8H,4-5H2,1-3H3,(H,16,18,19). The molecule has 102 valence electrons. The van der Waals surface area contributed by atoms with Gasteiger partial charge in [-0.25, -0.2) is 0 Å². The molecule has 5 heteroatoms. The molecule has 4 nitrogen and oxygen atoms in total. The molecule has 2 rings (SSSR count). The molecule has 1 heterocycles. The number of ketones is 1. The highest BCUT2D eigenvalue weighted by Crippen LogP contribution is 2.35. The average molecular weight is 325 g/mol. The minimum atomic E-state index is -0.552. The predicted molar refractivity (Wildman–Crippen MR) is 79.9 cm³/mol. The van der Waals surface area contributed by atoms with E-state index in [0.717, 1.165) is 23.0 Å². The zero-order valence-electron chi connectivity index (χ0n) is 11.3. The van der Waals surface area contributed by atoms with Crippen LogP contribution in [0.4, 0.5) is 11.4 Å². The van der Waals surface area contributed by atoms with E-state index in [1.165, 1.54) is 0 Å². The Hall–Kier alpha value is -1.36. The topological polar surface area (TPSA) is 49.4 Å². The Balaban J connectivity index is 2.37. The van der Waals surface area contributed by atoms with E-state index in [1.807, 2.05) is 13.1 Å². The van der Waals surface area contributed by atoms with Gasteiger partial charge in [0.25, 0.3) is 11.7 Å². The summed E-state index contributed by atoms with van der Waals surface area (Å²) in [6.07, 6.45) is 2.20. The van der Waals surface area contributed by atoms with Crippen molar-refractivity contribution in [3.8, 4) is 0 Å². The number of carbonyl (C=O) groups is 2. The zero-order valence-corrected chi connectivity index (χ0v) is 12.9. The molecule has 1 aromatic rings. The maximum atomic E-state index is 11.6. The highest BCUT2D eigenvalue weighted by Gasteiger charge is 2.29. The van der Waals surface area contributed by atoms with Crippen molar-refractivity contribution in [1.29, 1.82) is 0 Å². The zero-order chi connectivity index (χ0) is 14.2. The summed E-state index contributed by atoms with van der Waals surface area (Å²) >= 11 is 3.48. The maximum Gasteiger partial charge on any atom is 0.296 e. The molecule has 0 aliphatic carbocycles. The normalized spacial score (nSPS) is 15.2. The van der Waals surface area contributed by atoms with Crippen LogP contribution in [0.3, 0.4) is 0 Å². The van der Waals surface area contributed by atoms with Gasteiger partial charge >= 0.3 is 0 Å². The molecule has 0 spiro atoms. The molecule has 0 saturated heterocycles. The first-order valence-corrected chi connectivity index (χ1v) is 7.17. The van der Waals surface area contributed by atoms with Gasteiger partial charge in [-0.05, 0) is 41.4 Å². The number of hydrogen-bond acceptors (Lipinski definition) is 3. The Morgan fingerprint density at radius 2 is 2.05 bits per heavy atom. The van der Waals surface area contributed by atoms with Crippen molar-refractivity contribution in [3.63, 3.8) is 0 Å². The second-order valence-electron chi connectivity index (χ2n) is 4.88. The monoisotopic (exact) mass is 324 g/mol. The lowest BCUT2D eigenvalue weighted by atomic mass is 10.1. The van der Waals surface area contributed by atoms with E-state index in [4.69, 9.17) is 0 Å². The summed E-state index contributed by atoms with van der Waals surface area (Å²) < 4.78 is 0.835. The summed E-state index contributed by atoms with van der Waals surface area (Å²) in [5, 5.41) is 2.60. The Morgan fingerprint density at radius 3 is 2.68 bits per heavy atom. The largest absolute Gasteiger partial charge is 0.371 e. The number of nitrogens with one attached hydrogen (secondary N) is 1. The number of benzene rings is 1. The number of fused-ring (bicyclic) bond motifs is 1. The first-order valence-electron chi connectivity index (χ1n) is 6.37. The van der Waals surface area contributed by atoms with Crippen molar-refractivity contribution < 1.29 is 9.59 Å². The SMILES string of the molecule is CCCC(C)N(C)c1cc2c(cc1Br)C(=O)C(=O)N2. The van der Waals surface area contributed by atoms with Crippen LogP contribution in [0.25, 0.3) is 0 Å².